The summed E-state index contributed by atoms with van der Waals surface area (Å²) in [5.41, 5.74) is 5.66. The first-order chi connectivity index (χ1) is 10.8. The standard InChI is InChI=1S/C21H18O/c1-14(2)16-10-7-13-19-20(16)18-12-6-11-17(21(18)22-19)15-8-4-3-5-9-15/h3-14H,1-2H3. The van der Waals surface area contributed by atoms with E-state index < -0.39 is 0 Å². The quantitative estimate of drug-likeness (QED) is 0.417. The molecular formula is C21H18O. The Bertz CT molecular complexity index is 946. The lowest BCUT2D eigenvalue weighted by Gasteiger charge is -2.06. The average molecular weight is 286 g/mol. The molecule has 0 N–H and O–H groups in total. The van der Waals surface area contributed by atoms with E-state index in [2.05, 4.69) is 74.5 Å². The number of para-hydroxylation sites is 1. The van der Waals surface area contributed by atoms with Gasteiger partial charge in [0.25, 0.3) is 0 Å². The molecule has 0 saturated heterocycles. The second-order valence-electron chi connectivity index (χ2n) is 6.03. The van der Waals surface area contributed by atoms with E-state index in [4.69, 9.17) is 4.42 Å². The van der Waals surface area contributed by atoms with E-state index in [9.17, 15) is 0 Å². The Hall–Kier alpha value is -2.54. The van der Waals surface area contributed by atoms with E-state index in [1.165, 1.54) is 21.9 Å². The van der Waals surface area contributed by atoms with E-state index in [0.29, 0.717) is 5.92 Å². The highest BCUT2D eigenvalue weighted by atomic mass is 16.3. The molecular weight excluding hydrogens is 268 g/mol. The molecule has 0 spiro atoms. The molecule has 1 aromatic heterocycles. The van der Waals surface area contributed by atoms with Gasteiger partial charge in [-0.2, -0.15) is 0 Å². The van der Waals surface area contributed by atoms with E-state index in [1.54, 1.807) is 0 Å². The van der Waals surface area contributed by atoms with Crippen molar-refractivity contribution in [2.75, 3.05) is 0 Å². The molecule has 4 aromatic rings. The van der Waals surface area contributed by atoms with Crippen molar-refractivity contribution in [3.63, 3.8) is 0 Å². The average Bonchev–Trinajstić information content (AvgIpc) is 2.94. The normalized spacial score (nSPS) is 11.6. The molecule has 0 radical (unpaired) electrons. The molecule has 0 bridgehead atoms. The Morgan fingerprint density at radius 2 is 1.55 bits per heavy atom. The molecule has 0 aliphatic rings. The SMILES string of the molecule is CC(C)c1cccc2oc3c(-c4ccccc4)cccc3c12. The third-order valence-corrected chi connectivity index (χ3v) is 4.26. The molecule has 0 amide bonds. The van der Waals surface area contributed by atoms with Crippen molar-refractivity contribution in [3.05, 3.63) is 72.3 Å². The van der Waals surface area contributed by atoms with Crippen molar-refractivity contribution in [2.45, 2.75) is 19.8 Å². The predicted octanol–water partition coefficient (Wildman–Crippen LogP) is 6.38. The van der Waals surface area contributed by atoms with Crippen LogP contribution in [0.2, 0.25) is 0 Å². The zero-order chi connectivity index (χ0) is 15.1. The number of hydrogen-bond acceptors (Lipinski definition) is 1. The summed E-state index contributed by atoms with van der Waals surface area (Å²) < 4.78 is 6.23. The fourth-order valence-corrected chi connectivity index (χ4v) is 3.20. The van der Waals surface area contributed by atoms with Gasteiger partial charge in [0, 0.05) is 16.3 Å². The van der Waals surface area contributed by atoms with Crippen LogP contribution in [0.1, 0.15) is 25.3 Å². The van der Waals surface area contributed by atoms with Gasteiger partial charge >= 0.3 is 0 Å². The van der Waals surface area contributed by atoms with E-state index in [1.807, 2.05) is 6.07 Å². The Kier molecular flexibility index (Phi) is 3.00. The molecule has 108 valence electrons. The van der Waals surface area contributed by atoms with Crippen LogP contribution in [0.15, 0.2) is 71.1 Å². The fourth-order valence-electron chi connectivity index (χ4n) is 3.20. The van der Waals surface area contributed by atoms with Crippen LogP contribution >= 0.6 is 0 Å². The highest BCUT2D eigenvalue weighted by Crippen LogP contribution is 2.38. The van der Waals surface area contributed by atoms with Crippen LogP contribution in [0.4, 0.5) is 0 Å². The van der Waals surface area contributed by atoms with Gasteiger partial charge in [-0.1, -0.05) is 74.5 Å². The second kappa shape index (κ2) is 5.03. The minimum Gasteiger partial charge on any atom is -0.455 e. The van der Waals surface area contributed by atoms with Crippen molar-refractivity contribution in [3.8, 4) is 11.1 Å². The van der Waals surface area contributed by atoms with Crippen LogP contribution < -0.4 is 0 Å². The van der Waals surface area contributed by atoms with Crippen LogP contribution in [0.5, 0.6) is 0 Å². The van der Waals surface area contributed by atoms with Crippen molar-refractivity contribution >= 4 is 21.9 Å². The van der Waals surface area contributed by atoms with E-state index in [0.717, 1.165) is 16.7 Å². The molecule has 0 unspecified atom stereocenters. The van der Waals surface area contributed by atoms with Gasteiger partial charge in [-0.25, -0.2) is 0 Å². The van der Waals surface area contributed by atoms with E-state index >= 15 is 0 Å². The number of fused-ring (bicyclic) bond motifs is 3. The summed E-state index contributed by atoms with van der Waals surface area (Å²) in [6.45, 7) is 4.46. The first-order valence-corrected chi connectivity index (χ1v) is 7.75. The summed E-state index contributed by atoms with van der Waals surface area (Å²) in [5, 5.41) is 2.46. The summed E-state index contributed by atoms with van der Waals surface area (Å²) in [6, 6.07) is 23.2. The third-order valence-electron chi connectivity index (χ3n) is 4.26. The fraction of sp³-hybridized carbons (Fsp3) is 0.143. The maximum Gasteiger partial charge on any atom is 0.143 e. The molecule has 0 fully saturated rings. The Balaban J connectivity index is 2.11. The molecule has 3 aromatic carbocycles. The summed E-state index contributed by atoms with van der Waals surface area (Å²) >= 11 is 0. The van der Waals surface area contributed by atoms with Crippen molar-refractivity contribution < 1.29 is 4.42 Å². The smallest absolute Gasteiger partial charge is 0.143 e. The van der Waals surface area contributed by atoms with Gasteiger partial charge in [0.1, 0.15) is 11.2 Å². The van der Waals surface area contributed by atoms with Gasteiger partial charge in [0.05, 0.1) is 0 Å². The molecule has 0 aliphatic heterocycles. The highest BCUT2D eigenvalue weighted by Gasteiger charge is 2.15. The number of rotatable bonds is 2. The number of hydrogen-bond donors (Lipinski definition) is 0. The Morgan fingerprint density at radius 1 is 0.773 bits per heavy atom. The molecule has 4 rings (SSSR count). The zero-order valence-corrected chi connectivity index (χ0v) is 12.8. The van der Waals surface area contributed by atoms with Gasteiger partial charge in [-0.05, 0) is 23.1 Å². The van der Waals surface area contributed by atoms with E-state index in [-0.39, 0.29) is 0 Å². The summed E-state index contributed by atoms with van der Waals surface area (Å²) in [5.74, 6) is 0.477. The Labute approximate surface area is 130 Å². The minimum absolute atomic E-state index is 0.477. The van der Waals surface area contributed by atoms with Gasteiger partial charge < -0.3 is 4.42 Å². The molecule has 0 saturated carbocycles. The number of benzene rings is 3. The second-order valence-corrected chi connectivity index (χ2v) is 6.03. The van der Waals surface area contributed by atoms with Crippen LogP contribution in [0, 0.1) is 0 Å². The van der Waals surface area contributed by atoms with Crippen LogP contribution in [-0.2, 0) is 0 Å². The van der Waals surface area contributed by atoms with Crippen LogP contribution in [-0.4, -0.2) is 0 Å². The van der Waals surface area contributed by atoms with Crippen molar-refractivity contribution in [1.29, 1.82) is 0 Å². The minimum atomic E-state index is 0.477. The topological polar surface area (TPSA) is 13.1 Å². The van der Waals surface area contributed by atoms with Crippen LogP contribution in [0.25, 0.3) is 33.1 Å². The first kappa shape index (κ1) is 13.1. The monoisotopic (exact) mass is 286 g/mol. The van der Waals surface area contributed by atoms with Gasteiger partial charge in [-0.15, -0.1) is 0 Å². The predicted molar refractivity (Wildman–Crippen MR) is 93.2 cm³/mol. The van der Waals surface area contributed by atoms with Crippen molar-refractivity contribution in [2.24, 2.45) is 0 Å². The lowest BCUT2D eigenvalue weighted by atomic mass is 9.96. The molecule has 22 heavy (non-hydrogen) atoms. The molecule has 0 atom stereocenters. The van der Waals surface area contributed by atoms with Crippen molar-refractivity contribution in [1.82, 2.24) is 0 Å². The number of furan rings is 1. The van der Waals surface area contributed by atoms with Gasteiger partial charge in [0.2, 0.25) is 0 Å². The van der Waals surface area contributed by atoms with Crippen LogP contribution in [0.3, 0.4) is 0 Å². The lowest BCUT2D eigenvalue weighted by molar-refractivity contribution is 0.669. The molecule has 0 aliphatic carbocycles. The maximum absolute atomic E-state index is 6.23. The molecule has 1 heteroatoms. The maximum atomic E-state index is 6.23. The third kappa shape index (κ3) is 1.93. The first-order valence-electron chi connectivity index (χ1n) is 7.75. The summed E-state index contributed by atoms with van der Waals surface area (Å²) in [4.78, 5) is 0. The molecule has 1 nitrogen and oxygen atoms in total. The van der Waals surface area contributed by atoms with Gasteiger partial charge in [-0.3, -0.25) is 0 Å². The highest BCUT2D eigenvalue weighted by molar-refractivity contribution is 6.11. The summed E-state index contributed by atoms with van der Waals surface area (Å²) in [6.07, 6.45) is 0. The largest absolute Gasteiger partial charge is 0.455 e. The van der Waals surface area contributed by atoms with Gasteiger partial charge in [0.15, 0.2) is 0 Å². The lowest BCUT2D eigenvalue weighted by Crippen LogP contribution is -1.87. The molecule has 1 heterocycles. The Morgan fingerprint density at radius 3 is 2.32 bits per heavy atom. The zero-order valence-electron chi connectivity index (χ0n) is 12.8. The summed E-state index contributed by atoms with van der Waals surface area (Å²) in [7, 11) is 0.